The Labute approximate surface area is 127 Å². The monoisotopic (exact) mass is 312 g/mol. The van der Waals surface area contributed by atoms with Crippen LogP contribution in [0.15, 0.2) is 23.2 Å². The summed E-state index contributed by atoms with van der Waals surface area (Å²) in [6.07, 6.45) is 1.23. The minimum absolute atomic E-state index is 0.000766. The number of hydrogen-bond donors (Lipinski definition) is 1. The van der Waals surface area contributed by atoms with Gasteiger partial charge in [-0.05, 0) is 12.1 Å². The molecule has 8 heteroatoms. The van der Waals surface area contributed by atoms with Crippen molar-refractivity contribution in [2.24, 2.45) is 0 Å². The number of amides is 1. The Morgan fingerprint density at radius 1 is 1.48 bits per heavy atom. The van der Waals surface area contributed by atoms with Crippen molar-refractivity contribution in [1.82, 2.24) is 9.88 Å². The number of hydrogen-bond acceptors (Lipinski definition) is 5. The molecule has 1 aromatic heterocycles. The Balaban J connectivity index is 0.00000191. The van der Waals surface area contributed by atoms with Crippen LogP contribution in [0.1, 0.15) is 33.4 Å². The molecule has 0 aliphatic rings. The van der Waals surface area contributed by atoms with E-state index >= 15 is 0 Å². The SMILES string of the molecule is CC.[B]C(O)(c1cc(S(=O)(=O)CC)ccn1)N(C)C(C)=O. The molecule has 6 nitrogen and oxygen atoms in total. The number of pyridine rings is 1. The predicted molar refractivity (Wildman–Crippen MR) is 81.4 cm³/mol. The average Bonchev–Trinajstić information content (AvgIpc) is 2.48. The van der Waals surface area contributed by atoms with Crippen LogP contribution in [0.25, 0.3) is 0 Å². The maximum Gasteiger partial charge on any atom is 0.221 e. The van der Waals surface area contributed by atoms with Gasteiger partial charge < -0.3 is 10.0 Å². The standard InChI is InChI=1S/C11H15BN2O4S.C2H6/c1-4-19(17,18)9-5-6-13-10(7-9)11(12,16)14(3)8(2)15;1-2/h5-7,16H,4H2,1-3H3;1-2H3. The first kappa shape index (κ1) is 19.6. The summed E-state index contributed by atoms with van der Waals surface area (Å²) < 4.78 is 23.5. The van der Waals surface area contributed by atoms with E-state index in [1.807, 2.05) is 13.8 Å². The summed E-state index contributed by atoms with van der Waals surface area (Å²) in [6, 6.07) is 2.48. The number of aliphatic hydroxyl groups is 1. The van der Waals surface area contributed by atoms with Gasteiger partial charge in [0.2, 0.25) is 5.91 Å². The molecule has 0 aliphatic heterocycles. The van der Waals surface area contributed by atoms with E-state index < -0.39 is 21.4 Å². The molecule has 1 aromatic rings. The highest BCUT2D eigenvalue weighted by Gasteiger charge is 2.31. The summed E-state index contributed by atoms with van der Waals surface area (Å²) in [5.41, 5.74) is -2.27. The van der Waals surface area contributed by atoms with Crippen molar-refractivity contribution in [2.45, 2.75) is 38.2 Å². The molecule has 116 valence electrons. The van der Waals surface area contributed by atoms with Crippen LogP contribution in [0.3, 0.4) is 0 Å². The lowest BCUT2D eigenvalue weighted by Crippen LogP contribution is -2.47. The molecule has 0 saturated carbocycles. The summed E-state index contributed by atoms with van der Waals surface area (Å²) in [6.45, 7) is 6.73. The molecule has 0 bridgehead atoms. The van der Waals surface area contributed by atoms with E-state index in [2.05, 4.69) is 4.98 Å². The van der Waals surface area contributed by atoms with Crippen molar-refractivity contribution in [2.75, 3.05) is 12.8 Å². The number of carbonyl (C=O) groups excluding carboxylic acids is 1. The molecule has 0 aromatic carbocycles. The molecule has 1 heterocycles. The van der Waals surface area contributed by atoms with Gasteiger partial charge in [0.05, 0.1) is 16.3 Å². The third-order valence-corrected chi connectivity index (χ3v) is 4.56. The van der Waals surface area contributed by atoms with Crippen molar-refractivity contribution in [3.8, 4) is 0 Å². The minimum atomic E-state index is -3.44. The Hall–Kier alpha value is -1.41. The van der Waals surface area contributed by atoms with Gasteiger partial charge in [-0.3, -0.25) is 9.78 Å². The second-order valence-electron chi connectivity index (χ2n) is 4.08. The minimum Gasteiger partial charge on any atom is -0.374 e. The van der Waals surface area contributed by atoms with Crippen LogP contribution in [-0.2, 0) is 20.3 Å². The summed E-state index contributed by atoms with van der Waals surface area (Å²) in [5, 5.41) is 10.1. The molecule has 1 N–H and O–H groups in total. The third kappa shape index (κ3) is 4.54. The zero-order chi connectivity index (χ0) is 16.8. The van der Waals surface area contributed by atoms with Crippen molar-refractivity contribution < 1.29 is 18.3 Å². The van der Waals surface area contributed by atoms with Gasteiger partial charge in [0.15, 0.2) is 17.7 Å². The van der Waals surface area contributed by atoms with Gasteiger partial charge in [-0.15, -0.1) is 0 Å². The van der Waals surface area contributed by atoms with E-state index in [9.17, 15) is 18.3 Å². The predicted octanol–water partition coefficient (Wildman–Crippen LogP) is 0.651. The topological polar surface area (TPSA) is 87.6 Å². The highest BCUT2D eigenvalue weighted by atomic mass is 32.2. The van der Waals surface area contributed by atoms with Crippen molar-refractivity contribution in [3.05, 3.63) is 24.0 Å². The van der Waals surface area contributed by atoms with E-state index in [0.717, 1.165) is 11.0 Å². The van der Waals surface area contributed by atoms with E-state index in [1.54, 1.807) is 0 Å². The second kappa shape index (κ2) is 7.56. The summed E-state index contributed by atoms with van der Waals surface area (Å²) in [4.78, 5) is 15.9. The van der Waals surface area contributed by atoms with Gasteiger partial charge >= 0.3 is 0 Å². The van der Waals surface area contributed by atoms with Crippen LogP contribution in [0, 0.1) is 0 Å². The van der Waals surface area contributed by atoms with Crippen molar-refractivity contribution in [1.29, 1.82) is 0 Å². The zero-order valence-corrected chi connectivity index (χ0v) is 13.8. The molecule has 0 fully saturated rings. The first-order valence-corrected chi connectivity index (χ1v) is 8.23. The van der Waals surface area contributed by atoms with E-state index in [1.165, 1.54) is 33.2 Å². The molecular formula is C13H21BN2O4S. The number of sulfone groups is 1. The fraction of sp³-hybridized carbons (Fsp3) is 0.538. The van der Waals surface area contributed by atoms with Crippen LogP contribution in [-0.4, -0.2) is 50.0 Å². The summed E-state index contributed by atoms with van der Waals surface area (Å²) in [7, 11) is 3.50. The fourth-order valence-corrected chi connectivity index (χ4v) is 2.28. The van der Waals surface area contributed by atoms with Gasteiger partial charge in [-0.1, -0.05) is 20.8 Å². The Bertz CT molecular complexity index is 588. The number of carbonyl (C=O) groups is 1. The lowest BCUT2D eigenvalue weighted by atomic mass is 9.85. The van der Waals surface area contributed by atoms with E-state index in [4.69, 9.17) is 7.85 Å². The maximum absolute atomic E-state index is 11.8. The molecule has 1 atom stereocenters. The largest absolute Gasteiger partial charge is 0.374 e. The summed E-state index contributed by atoms with van der Waals surface area (Å²) >= 11 is 0. The van der Waals surface area contributed by atoms with Crippen LogP contribution in [0.4, 0.5) is 0 Å². The molecule has 1 rings (SSSR count). The number of aromatic nitrogens is 1. The maximum atomic E-state index is 11.8. The highest BCUT2D eigenvalue weighted by molar-refractivity contribution is 7.91. The summed E-state index contributed by atoms with van der Waals surface area (Å²) in [5.74, 6) is -0.558. The Morgan fingerprint density at radius 3 is 2.43 bits per heavy atom. The van der Waals surface area contributed by atoms with Crippen LogP contribution < -0.4 is 0 Å². The zero-order valence-electron chi connectivity index (χ0n) is 13.0. The first-order chi connectivity index (χ1) is 9.63. The second-order valence-corrected chi connectivity index (χ2v) is 6.36. The van der Waals surface area contributed by atoms with Gasteiger partial charge in [-0.25, -0.2) is 8.42 Å². The molecule has 21 heavy (non-hydrogen) atoms. The Kier molecular flexibility index (Phi) is 7.05. The molecule has 2 radical (unpaired) electrons. The molecule has 0 saturated heterocycles. The number of nitrogens with zero attached hydrogens (tertiary/aromatic N) is 2. The third-order valence-electron chi connectivity index (χ3n) is 2.83. The lowest BCUT2D eigenvalue weighted by Gasteiger charge is -2.33. The normalized spacial score (nSPS) is 13.6. The van der Waals surface area contributed by atoms with E-state index in [-0.39, 0.29) is 16.3 Å². The fourth-order valence-electron chi connectivity index (χ4n) is 1.38. The molecule has 1 amide bonds. The number of rotatable bonds is 4. The van der Waals surface area contributed by atoms with Crippen molar-refractivity contribution in [3.63, 3.8) is 0 Å². The first-order valence-electron chi connectivity index (χ1n) is 6.58. The van der Waals surface area contributed by atoms with Gasteiger partial charge in [0.25, 0.3) is 0 Å². The van der Waals surface area contributed by atoms with Crippen LogP contribution >= 0.6 is 0 Å². The lowest BCUT2D eigenvalue weighted by molar-refractivity contribution is -0.141. The highest BCUT2D eigenvalue weighted by Crippen LogP contribution is 2.22. The van der Waals surface area contributed by atoms with Crippen LogP contribution in [0.2, 0.25) is 0 Å². The molecular weight excluding hydrogens is 291 g/mol. The quantitative estimate of drug-likeness (QED) is 0.651. The van der Waals surface area contributed by atoms with Gasteiger partial charge in [0, 0.05) is 20.2 Å². The Morgan fingerprint density at radius 2 is 2.00 bits per heavy atom. The molecule has 0 spiro atoms. The van der Waals surface area contributed by atoms with Crippen LogP contribution in [0.5, 0.6) is 0 Å². The van der Waals surface area contributed by atoms with Gasteiger partial charge in [-0.2, -0.15) is 0 Å². The molecule has 1 unspecified atom stereocenters. The van der Waals surface area contributed by atoms with E-state index in [0.29, 0.717) is 0 Å². The smallest absolute Gasteiger partial charge is 0.221 e. The average molecular weight is 312 g/mol. The molecule has 0 aliphatic carbocycles. The van der Waals surface area contributed by atoms with Crippen molar-refractivity contribution >= 4 is 23.6 Å². The van der Waals surface area contributed by atoms with Gasteiger partial charge in [0.1, 0.15) is 5.62 Å².